The van der Waals surface area contributed by atoms with Gasteiger partial charge in [0.2, 0.25) is 0 Å². The molecule has 7 heteroatoms. The summed E-state index contributed by atoms with van der Waals surface area (Å²) in [6.45, 7) is 0.861. The lowest BCUT2D eigenvalue weighted by atomic mass is 10.1. The van der Waals surface area contributed by atoms with E-state index in [0.717, 1.165) is 38.1 Å². The van der Waals surface area contributed by atoms with E-state index in [-0.39, 0.29) is 5.75 Å². The molecule has 0 spiro atoms. The Kier molecular flexibility index (Phi) is 4.60. The summed E-state index contributed by atoms with van der Waals surface area (Å²) in [5.41, 5.74) is 0. The maximum atomic E-state index is 10.5. The molecule has 0 saturated carbocycles. The SMILES string of the molecule is Cn1nc(CCC2CCCO2)nc1SCC(=O)O. The highest BCUT2D eigenvalue weighted by atomic mass is 32.2. The smallest absolute Gasteiger partial charge is 0.313 e. The molecule has 0 aromatic carbocycles. The molecule has 6 nitrogen and oxygen atoms in total. The number of carboxylic acids is 1. The maximum Gasteiger partial charge on any atom is 0.313 e. The summed E-state index contributed by atoms with van der Waals surface area (Å²) in [5.74, 6) is -0.0673. The minimum atomic E-state index is -0.844. The predicted molar refractivity (Wildman–Crippen MR) is 66.7 cm³/mol. The Balaban J connectivity index is 1.85. The second kappa shape index (κ2) is 6.19. The van der Waals surface area contributed by atoms with Gasteiger partial charge in [-0.1, -0.05) is 11.8 Å². The van der Waals surface area contributed by atoms with E-state index >= 15 is 0 Å². The molecule has 2 rings (SSSR count). The van der Waals surface area contributed by atoms with Gasteiger partial charge in [0.15, 0.2) is 11.0 Å². The average Bonchev–Trinajstić information content (AvgIpc) is 2.93. The first-order valence-corrected chi connectivity index (χ1v) is 7.00. The van der Waals surface area contributed by atoms with Crippen molar-refractivity contribution in [2.24, 2.45) is 7.05 Å². The summed E-state index contributed by atoms with van der Waals surface area (Å²) in [7, 11) is 1.78. The third-order valence-electron chi connectivity index (χ3n) is 2.81. The van der Waals surface area contributed by atoms with Gasteiger partial charge in [-0.15, -0.1) is 0 Å². The van der Waals surface area contributed by atoms with E-state index in [0.29, 0.717) is 11.3 Å². The van der Waals surface area contributed by atoms with Crippen molar-refractivity contribution in [1.82, 2.24) is 14.8 Å². The Bertz CT molecular complexity index is 416. The molecule has 1 N–H and O–H groups in total. The molecule has 1 aromatic heterocycles. The molecule has 1 atom stereocenters. The Morgan fingerprint density at radius 1 is 1.67 bits per heavy atom. The van der Waals surface area contributed by atoms with Gasteiger partial charge in [-0.25, -0.2) is 9.67 Å². The summed E-state index contributed by atoms with van der Waals surface area (Å²) in [4.78, 5) is 14.8. The standard InChI is InChI=1S/C11H17N3O3S/c1-14-11(18-7-10(15)16)12-9(13-14)5-4-8-3-2-6-17-8/h8H,2-7H2,1H3,(H,15,16). The van der Waals surface area contributed by atoms with Crippen molar-refractivity contribution in [3.63, 3.8) is 0 Å². The number of carbonyl (C=O) groups is 1. The number of thioether (sulfide) groups is 1. The first-order valence-electron chi connectivity index (χ1n) is 6.01. The highest BCUT2D eigenvalue weighted by Gasteiger charge is 2.17. The zero-order valence-corrected chi connectivity index (χ0v) is 11.2. The van der Waals surface area contributed by atoms with E-state index < -0.39 is 5.97 Å². The molecule has 0 aliphatic carbocycles. The fourth-order valence-corrected chi connectivity index (χ4v) is 2.59. The number of rotatable bonds is 6. The van der Waals surface area contributed by atoms with Crippen molar-refractivity contribution < 1.29 is 14.6 Å². The van der Waals surface area contributed by atoms with Crippen LogP contribution in [0.15, 0.2) is 5.16 Å². The minimum Gasteiger partial charge on any atom is -0.481 e. The lowest BCUT2D eigenvalue weighted by Crippen LogP contribution is -2.07. The van der Waals surface area contributed by atoms with Crippen molar-refractivity contribution >= 4 is 17.7 Å². The van der Waals surface area contributed by atoms with Crippen LogP contribution in [-0.2, 0) is 23.0 Å². The monoisotopic (exact) mass is 271 g/mol. The first kappa shape index (κ1) is 13.4. The number of aliphatic carboxylic acids is 1. The van der Waals surface area contributed by atoms with Crippen LogP contribution in [0, 0.1) is 0 Å². The molecule has 0 amide bonds. The minimum absolute atomic E-state index is 0.0116. The second-order valence-electron chi connectivity index (χ2n) is 4.29. The number of hydrogen-bond donors (Lipinski definition) is 1. The quantitative estimate of drug-likeness (QED) is 0.781. The number of ether oxygens (including phenoxy) is 1. The topological polar surface area (TPSA) is 77.2 Å². The summed E-state index contributed by atoms with van der Waals surface area (Å²) in [6, 6.07) is 0. The van der Waals surface area contributed by atoms with E-state index in [1.807, 2.05) is 0 Å². The molecule has 2 heterocycles. The van der Waals surface area contributed by atoms with Gasteiger partial charge >= 0.3 is 5.97 Å². The van der Waals surface area contributed by atoms with Gasteiger partial charge in [-0.05, 0) is 19.3 Å². The van der Waals surface area contributed by atoms with Crippen molar-refractivity contribution in [3.8, 4) is 0 Å². The van der Waals surface area contributed by atoms with Crippen molar-refractivity contribution in [3.05, 3.63) is 5.82 Å². The zero-order valence-electron chi connectivity index (χ0n) is 10.3. The summed E-state index contributed by atoms with van der Waals surface area (Å²) in [6.07, 6.45) is 4.32. The Labute approximate surface area is 110 Å². The summed E-state index contributed by atoms with van der Waals surface area (Å²) < 4.78 is 7.18. The summed E-state index contributed by atoms with van der Waals surface area (Å²) in [5, 5.41) is 13.6. The van der Waals surface area contributed by atoms with Crippen LogP contribution in [0.1, 0.15) is 25.1 Å². The van der Waals surface area contributed by atoms with Gasteiger partial charge in [0.05, 0.1) is 11.9 Å². The number of hydrogen-bond acceptors (Lipinski definition) is 5. The molecule has 1 saturated heterocycles. The van der Waals surface area contributed by atoms with Crippen LogP contribution in [-0.4, -0.2) is 44.3 Å². The molecule has 0 radical (unpaired) electrons. The highest BCUT2D eigenvalue weighted by Crippen LogP contribution is 2.19. The molecule has 1 unspecified atom stereocenters. The second-order valence-corrected chi connectivity index (χ2v) is 5.23. The predicted octanol–water partition coefficient (Wildman–Crippen LogP) is 1.10. The van der Waals surface area contributed by atoms with Crippen molar-refractivity contribution in [2.75, 3.05) is 12.4 Å². The van der Waals surface area contributed by atoms with Crippen LogP contribution in [0.3, 0.4) is 0 Å². The Morgan fingerprint density at radius 2 is 2.50 bits per heavy atom. The lowest BCUT2D eigenvalue weighted by Gasteiger charge is -2.05. The average molecular weight is 271 g/mol. The number of aryl methyl sites for hydroxylation is 2. The molecule has 100 valence electrons. The largest absolute Gasteiger partial charge is 0.481 e. The number of nitrogens with zero attached hydrogens (tertiary/aromatic N) is 3. The van der Waals surface area contributed by atoms with E-state index in [2.05, 4.69) is 10.1 Å². The number of carboxylic acid groups (broad SMARTS) is 1. The molecule has 1 aromatic rings. The molecule has 1 aliphatic heterocycles. The molecular weight excluding hydrogens is 254 g/mol. The zero-order chi connectivity index (χ0) is 13.0. The van der Waals surface area contributed by atoms with E-state index in [1.54, 1.807) is 11.7 Å². The third-order valence-corrected chi connectivity index (χ3v) is 3.81. The molecular formula is C11H17N3O3S. The van der Waals surface area contributed by atoms with Crippen LogP contribution in [0.5, 0.6) is 0 Å². The normalized spacial score (nSPS) is 19.3. The van der Waals surface area contributed by atoms with E-state index in [1.165, 1.54) is 11.8 Å². The van der Waals surface area contributed by atoms with Crippen LogP contribution in [0.4, 0.5) is 0 Å². The van der Waals surface area contributed by atoms with Crippen molar-refractivity contribution in [2.45, 2.75) is 36.9 Å². The van der Waals surface area contributed by atoms with Gasteiger partial charge in [0, 0.05) is 20.1 Å². The third kappa shape index (κ3) is 3.71. The molecule has 1 aliphatic rings. The Morgan fingerprint density at radius 3 is 3.17 bits per heavy atom. The van der Waals surface area contributed by atoms with Gasteiger partial charge in [0.25, 0.3) is 0 Å². The van der Waals surface area contributed by atoms with Gasteiger partial charge < -0.3 is 9.84 Å². The molecule has 18 heavy (non-hydrogen) atoms. The van der Waals surface area contributed by atoms with Crippen molar-refractivity contribution in [1.29, 1.82) is 0 Å². The maximum absolute atomic E-state index is 10.5. The van der Waals surface area contributed by atoms with E-state index in [9.17, 15) is 4.79 Å². The van der Waals surface area contributed by atoms with Crippen LogP contribution < -0.4 is 0 Å². The first-order chi connectivity index (χ1) is 8.65. The lowest BCUT2D eigenvalue weighted by molar-refractivity contribution is -0.133. The number of aromatic nitrogens is 3. The summed E-state index contributed by atoms with van der Waals surface area (Å²) >= 11 is 1.19. The van der Waals surface area contributed by atoms with Crippen LogP contribution in [0.25, 0.3) is 0 Å². The van der Waals surface area contributed by atoms with Crippen LogP contribution >= 0.6 is 11.8 Å². The van der Waals surface area contributed by atoms with Gasteiger partial charge in [-0.3, -0.25) is 4.79 Å². The molecule has 0 bridgehead atoms. The van der Waals surface area contributed by atoms with Gasteiger partial charge in [-0.2, -0.15) is 5.10 Å². The van der Waals surface area contributed by atoms with E-state index in [4.69, 9.17) is 9.84 Å². The van der Waals surface area contributed by atoms with Crippen LogP contribution in [0.2, 0.25) is 0 Å². The molecule has 1 fully saturated rings. The Hall–Kier alpha value is -1.08. The fourth-order valence-electron chi connectivity index (χ4n) is 1.94. The highest BCUT2D eigenvalue weighted by molar-refractivity contribution is 7.99. The van der Waals surface area contributed by atoms with Gasteiger partial charge in [0.1, 0.15) is 0 Å². The fraction of sp³-hybridized carbons (Fsp3) is 0.727.